The van der Waals surface area contributed by atoms with Crippen molar-refractivity contribution in [2.24, 2.45) is 0 Å². The fraction of sp³-hybridized carbons (Fsp3) is 0.750. The lowest BCUT2D eigenvalue weighted by atomic mass is 9.93. The van der Waals surface area contributed by atoms with Gasteiger partial charge in [-0.2, -0.15) is 0 Å². The van der Waals surface area contributed by atoms with E-state index in [0.29, 0.717) is 13.0 Å². The lowest BCUT2D eigenvalue weighted by Gasteiger charge is -2.43. The van der Waals surface area contributed by atoms with Gasteiger partial charge in [0.05, 0.1) is 0 Å². The second-order valence-electron chi connectivity index (χ2n) is 5.51. The zero-order valence-corrected chi connectivity index (χ0v) is 10.9. The lowest BCUT2D eigenvalue weighted by molar-refractivity contribution is -0.166. The second kappa shape index (κ2) is 4.05. The van der Waals surface area contributed by atoms with Crippen LogP contribution in [0, 0.1) is 0 Å². The van der Waals surface area contributed by atoms with E-state index < -0.39 is 23.0 Å². The molecule has 2 aliphatic heterocycles. The molecule has 2 heterocycles. The summed E-state index contributed by atoms with van der Waals surface area (Å²) in [5, 5.41) is 2.24. The highest BCUT2D eigenvalue weighted by atomic mass is 16.5. The standard InChI is InChI=1S/C12H18N2O4/c1-11(2)9(16)13-8(15)7-14(11)10(17)12(3)5-4-6-18-12/h4-7H2,1-3H3,(H,13,15,16). The Labute approximate surface area is 106 Å². The van der Waals surface area contributed by atoms with E-state index in [1.54, 1.807) is 20.8 Å². The minimum atomic E-state index is -1.03. The molecule has 1 N–H and O–H groups in total. The Hall–Kier alpha value is -1.43. The van der Waals surface area contributed by atoms with Crippen LogP contribution >= 0.6 is 0 Å². The highest BCUT2D eigenvalue weighted by molar-refractivity contribution is 6.07. The molecule has 0 aromatic carbocycles. The summed E-state index contributed by atoms with van der Waals surface area (Å²) in [7, 11) is 0. The van der Waals surface area contributed by atoms with Crippen molar-refractivity contribution in [1.29, 1.82) is 0 Å². The topological polar surface area (TPSA) is 75.7 Å². The molecule has 0 saturated carbocycles. The third kappa shape index (κ3) is 1.90. The van der Waals surface area contributed by atoms with Crippen molar-refractivity contribution in [3.63, 3.8) is 0 Å². The van der Waals surface area contributed by atoms with E-state index in [1.807, 2.05) is 0 Å². The zero-order chi connectivity index (χ0) is 13.6. The van der Waals surface area contributed by atoms with Crippen LogP contribution in [0.25, 0.3) is 0 Å². The molecule has 3 amide bonds. The highest BCUT2D eigenvalue weighted by Gasteiger charge is 2.50. The molecule has 0 aliphatic carbocycles. The largest absolute Gasteiger partial charge is 0.365 e. The Balaban J connectivity index is 2.27. The number of piperazine rings is 1. The number of rotatable bonds is 1. The van der Waals surface area contributed by atoms with Crippen LogP contribution in [0.5, 0.6) is 0 Å². The summed E-state index contributed by atoms with van der Waals surface area (Å²) in [5.74, 6) is -1.18. The van der Waals surface area contributed by atoms with E-state index in [1.165, 1.54) is 4.90 Å². The summed E-state index contributed by atoms with van der Waals surface area (Å²) in [6, 6.07) is 0. The molecular weight excluding hydrogens is 236 g/mol. The molecule has 0 aromatic heterocycles. The maximum atomic E-state index is 12.5. The summed E-state index contributed by atoms with van der Waals surface area (Å²) in [5.41, 5.74) is -1.94. The van der Waals surface area contributed by atoms with Gasteiger partial charge in [0.25, 0.3) is 11.8 Å². The summed E-state index contributed by atoms with van der Waals surface area (Å²) in [4.78, 5) is 37.0. The van der Waals surface area contributed by atoms with Gasteiger partial charge in [0, 0.05) is 6.61 Å². The summed E-state index contributed by atoms with van der Waals surface area (Å²) in [6.07, 6.45) is 1.44. The van der Waals surface area contributed by atoms with Gasteiger partial charge in [-0.05, 0) is 33.6 Å². The summed E-state index contributed by atoms with van der Waals surface area (Å²) in [6.45, 7) is 5.42. The number of ether oxygens (including phenoxy) is 1. The molecule has 18 heavy (non-hydrogen) atoms. The number of carbonyl (C=O) groups excluding carboxylic acids is 3. The first-order chi connectivity index (χ1) is 8.27. The van der Waals surface area contributed by atoms with Crippen molar-refractivity contribution in [3.05, 3.63) is 0 Å². The fourth-order valence-electron chi connectivity index (χ4n) is 2.34. The van der Waals surface area contributed by atoms with Gasteiger partial charge in [-0.3, -0.25) is 19.7 Å². The van der Waals surface area contributed by atoms with E-state index in [0.717, 1.165) is 6.42 Å². The first kappa shape index (κ1) is 13.0. The number of hydrogen-bond acceptors (Lipinski definition) is 4. The predicted molar refractivity (Wildman–Crippen MR) is 62.5 cm³/mol. The van der Waals surface area contributed by atoms with Crippen molar-refractivity contribution in [2.75, 3.05) is 13.2 Å². The van der Waals surface area contributed by atoms with E-state index in [2.05, 4.69) is 5.32 Å². The Morgan fingerprint density at radius 3 is 2.56 bits per heavy atom. The molecule has 100 valence electrons. The fourth-order valence-corrected chi connectivity index (χ4v) is 2.34. The van der Waals surface area contributed by atoms with Crippen LogP contribution in [0.1, 0.15) is 33.6 Å². The normalized spacial score (nSPS) is 31.4. The second-order valence-corrected chi connectivity index (χ2v) is 5.51. The molecule has 1 atom stereocenters. The first-order valence-corrected chi connectivity index (χ1v) is 6.08. The number of amides is 3. The van der Waals surface area contributed by atoms with Gasteiger partial charge in [0.1, 0.15) is 17.7 Å². The van der Waals surface area contributed by atoms with Gasteiger partial charge in [0.2, 0.25) is 5.91 Å². The minimum Gasteiger partial charge on any atom is -0.365 e. The van der Waals surface area contributed by atoms with Gasteiger partial charge < -0.3 is 9.64 Å². The molecule has 2 rings (SSSR count). The average molecular weight is 254 g/mol. The Morgan fingerprint density at radius 2 is 2.00 bits per heavy atom. The summed E-state index contributed by atoms with van der Waals surface area (Å²) >= 11 is 0. The minimum absolute atomic E-state index is 0.101. The number of carbonyl (C=O) groups is 3. The maximum Gasteiger partial charge on any atom is 0.255 e. The third-order valence-electron chi connectivity index (χ3n) is 3.70. The van der Waals surface area contributed by atoms with Crippen LogP contribution in [-0.2, 0) is 19.1 Å². The van der Waals surface area contributed by atoms with Crippen molar-refractivity contribution in [2.45, 2.75) is 44.8 Å². The number of nitrogens with one attached hydrogen (secondary N) is 1. The molecule has 2 fully saturated rings. The molecule has 0 bridgehead atoms. The van der Waals surface area contributed by atoms with Crippen LogP contribution in [-0.4, -0.2) is 46.9 Å². The van der Waals surface area contributed by atoms with Gasteiger partial charge in [-0.25, -0.2) is 0 Å². The smallest absolute Gasteiger partial charge is 0.255 e. The average Bonchev–Trinajstić information content (AvgIpc) is 2.71. The Morgan fingerprint density at radius 1 is 1.33 bits per heavy atom. The van der Waals surface area contributed by atoms with Gasteiger partial charge in [-0.15, -0.1) is 0 Å². The van der Waals surface area contributed by atoms with Crippen molar-refractivity contribution >= 4 is 17.7 Å². The molecule has 1 unspecified atom stereocenters. The molecule has 6 nitrogen and oxygen atoms in total. The van der Waals surface area contributed by atoms with E-state index in [4.69, 9.17) is 4.74 Å². The molecule has 0 radical (unpaired) electrons. The van der Waals surface area contributed by atoms with E-state index in [-0.39, 0.29) is 12.5 Å². The quantitative estimate of drug-likeness (QED) is 0.659. The molecule has 6 heteroatoms. The SMILES string of the molecule is CC1(C(=O)N2CC(=O)NC(=O)C2(C)C)CCCO1. The van der Waals surface area contributed by atoms with Crippen LogP contribution < -0.4 is 5.32 Å². The van der Waals surface area contributed by atoms with Crippen molar-refractivity contribution in [3.8, 4) is 0 Å². The lowest BCUT2D eigenvalue weighted by Crippen LogP contribution is -2.68. The van der Waals surface area contributed by atoms with Gasteiger partial charge in [-0.1, -0.05) is 0 Å². The highest BCUT2D eigenvalue weighted by Crippen LogP contribution is 2.31. The molecule has 2 aliphatic rings. The third-order valence-corrected chi connectivity index (χ3v) is 3.70. The monoisotopic (exact) mass is 254 g/mol. The van der Waals surface area contributed by atoms with Crippen molar-refractivity contribution in [1.82, 2.24) is 10.2 Å². The first-order valence-electron chi connectivity index (χ1n) is 6.08. The van der Waals surface area contributed by atoms with Crippen LogP contribution in [0.2, 0.25) is 0 Å². The van der Waals surface area contributed by atoms with Crippen LogP contribution in [0.15, 0.2) is 0 Å². The number of nitrogens with zero attached hydrogens (tertiary/aromatic N) is 1. The number of imide groups is 1. The number of hydrogen-bond donors (Lipinski definition) is 1. The molecule has 0 spiro atoms. The van der Waals surface area contributed by atoms with Crippen molar-refractivity contribution < 1.29 is 19.1 Å². The maximum absolute atomic E-state index is 12.5. The van der Waals surface area contributed by atoms with Gasteiger partial charge in [0.15, 0.2) is 0 Å². The van der Waals surface area contributed by atoms with Crippen LogP contribution in [0.3, 0.4) is 0 Å². The van der Waals surface area contributed by atoms with Gasteiger partial charge >= 0.3 is 0 Å². The summed E-state index contributed by atoms with van der Waals surface area (Å²) < 4.78 is 5.49. The predicted octanol–water partition coefficient (Wildman–Crippen LogP) is -0.181. The Kier molecular flexibility index (Phi) is 2.93. The Bertz CT molecular complexity index is 410. The molecule has 0 aromatic rings. The molecule has 2 saturated heterocycles. The molecular formula is C12H18N2O4. The zero-order valence-electron chi connectivity index (χ0n) is 10.9. The van der Waals surface area contributed by atoms with Crippen LogP contribution in [0.4, 0.5) is 0 Å². The van der Waals surface area contributed by atoms with E-state index in [9.17, 15) is 14.4 Å². The van der Waals surface area contributed by atoms with E-state index >= 15 is 0 Å².